The molecule has 5 rings (SSSR count). The molecule has 0 fully saturated rings. The van der Waals surface area contributed by atoms with Crippen molar-refractivity contribution in [3.63, 3.8) is 0 Å². The van der Waals surface area contributed by atoms with Crippen molar-refractivity contribution in [1.82, 2.24) is 14.3 Å². The largest absolute Gasteiger partial charge is 0.333 e. The molecule has 0 unspecified atom stereocenters. The molecule has 4 aromatic rings. The fourth-order valence-corrected chi connectivity index (χ4v) is 6.20. The summed E-state index contributed by atoms with van der Waals surface area (Å²) in [6.45, 7) is 7.35. The van der Waals surface area contributed by atoms with Crippen LogP contribution >= 0.6 is 0 Å². The van der Waals surface area contributed by atoms with Crippen LogP contribution in [-0.2, 0) is 16.4 Å². The standard InChI is InChI=1S/C27H27FN4O3S/c1-17-20-15-21(28)25(36(34,35)30-27(2,3)4)16-24(20)32-23(17)12-14-31(26(32)33)19-10-8-18(9-11-19)22-7-5-6-13-29-22/h5-11,13,15-16,30H,12,14H2,1-4H3. The maximum absolute atomic E-state index is 15.0. The summed E-state index contributed by atoms with van der Waals surface area (Å²) in [4.78, 5) is 19.2. The summed E-state index contributed by atoms with van der Waals surface area (Å²) < 4.78 is 44.9. The molecule has 0 atom stereocenters. The second-order valence-electron chi connectivity index (χ2n) is 10.0. The number of fused-ring (bicyclic) bond motifs is 3. The van der Waals surface area contributed by atoms with E-state index in [9.17, 15) is 13.2 Å². The minimum atomic E-state index is -4.14. The predicted molar refractivity (Wildman–Crippen MR) is 138 cm³/mol. The number of rotatable bonds is 4. The Bertz CT molecular complexity index is 1590. The molecule has 7 nitrogen and oxygen atoms in total. The molecule has 1 N–H and O–H groups in total. The molecule has 0 bridgehead atoms. The van der Waals surface area contributed by atoms with Gasteiger partial charge in [0.1, 0.15) is 10.7 Å². The Morgan fingerprint density at radius 3 is 2.42 bits per heavy atom. The van der Waals surface area contributed by atoms with E-state index in [0.29, 0.717) is 29.6 Å². The van der Waals surface area contributed by atoms with Crippen molar-refractivity contribution in [1.29, 1.82) is 0 Å². The molecule has 0 aliphatic carbocycles. The van der Waals surface area contributed by atoms with Crippen molar-refractivity contribution in [3.05, 3.63) is 77.9 Å². The van der Waals surface area contributed by atoms with Crippen molar-refractivity contribution in [3.8, 4) is 11.3 Å². The Labute approximate surface area is 209 Å². The highest BCUT2D eigenvalue weighted by Crippen LogP contribution is 2.34. The van der Waals surface area contributed by atoms with Crippen LogP contribution in [0.2, 0.25) is 0 Å². The summed E-state index contributed by atoms with van der Waals surface area (Å²) >= 11 is 0. The van der Waals surface area contributed by atoms with Gasteiger partial charge in [0.05, 0.1) is 11.2 Å². The highest BCUT2D eigenvalue weighted by molar-refractivity contribution is 7.89. The second-order valence-corrected chi connectivity index (χ2v) is 11.7. The van der Waals surface area contributed by atoms with Crippen LogP contribution in [0.3, 0.4) is 0 Å². The number of carbonyl (C=O) groups is 1. The molecule has 2 aromatic heterocycles. The molecule has 3 heterocycles. The first kappa shape index (κ1) is 24.1. The maximum atomic E-state index is 15.0. The van der Waals surface area contributed by atoms with E-state index in [4.69, 9.17) is 0 Å². The molecule has 9 heteroatoms. The lowest BCUT2D eigenvalue weighted by Gasteiger charge is -2.29. The number of hydrogen-bond acceptors (Lipinski definition) is 4. The minimum absolute atomic E-state index is 0.307. The fraction of sp³-hybridized carbons (Fsp3) is 0.259. The zero-order valence-electron chi connectivity index (χ0n) is 20.5. The van der Waals surface area contributed by atoms with Gasteiger partial charge in [-0.25, -0.2) is 22.3 Å². The van der Waals surface area contributed by atoms with E-state index in [1.807, 2.05) is 49.4 Å². The first-order valence-corrected chi connectivity index (χ1v) is 13.2. The summed E-state index contributed by atoms with van der Waals surface area (Å²) in [5, 5.41) is 0.526. The van der Waals surface area contributed by atoms with Crippen LogP contribution in [-0.4, -0.2) is 36.1 Å². The Morgan fingerprint density at radius 1 is 1.06 bits per heavy atom. The van der Waals surface area contributed by atoms with E-state index in [-0.39, 0.29) is 6.03 Å². The highest BCUT2D eigenvalue weighted by atomic mass is 32.2. The molecular formula is C27H27FN4O3S. The van der Waals surface area contributed by atoms with Crippen LogP contribution < -0.4 is 9.62 Å². The molecule has 0 radical (unpaired) electrons. The lowest BCUT2D eigenvalue weighted by molar-refractivity contribution is 0.246. The number of nitrogens with one attached hydrogen (secondary N) is 1. The number of benzene rings is 2. The number of sulfonamides is 1. The average Bonchev–Trinajstić information content (AvgIpc) is 3.10. The zero-order valence-corrected chi connectivity index (χ0v) is 21.4. The first-order valence-electron chi connectivity index (χ1n) is 11.7. The fourth-order valence-electron chi connectivity index (χ4n) is 4.70. The number of hydrogen-bond donors (Lipinski definition) is 1. The van der Waals surface area contributed by atoms with E-state index >= 15 is 4.39 Å². The van der Waals surface area contributed by atoms with Gasteiger partial charge in [0.15, 0.2) is 0 Å². The normalized spacial score (nSPS) is 14.4. The van der Waals surface area contributed by atoms with Crippen molar-refractivity contribution in [2.24, 2.45) is 0 Å². The van der Waals surface area contributed by atoms with E-state index in [0.717, 1.165) is 22.5 Å². The number of nitrogens with zero attached hydrogens (tertiary/aromatic N) is 3. The van der Waals surface area contributed by atoms with Gasteiger partial charge in [0, 0.05) is 47.0 Å². The highest BCUT2D eigenvalue weighted by Gasteiger charge is 2.32. The second kappa shape index (κ2) is 8.53. The molecule has 0 spiro atoms. The third-order valence-electron chi connectivity index (χ3n) is 6.26. The molecule has 1 aliphatic heterocycles. The van der Waals surface area contributed by atoms with Gasteiger partial charge in [-0.05, 0) is 69.7 Å². The molecular weight excluding hydrogens is 479 g/mol. The Balaban J connectivity index is 1.57. The topological polar surface area (TPSA) is 84.3 Å². The predicted octanol–water partition coefficient (Wildman–Crippen LogP) is 5.26. The van der Waals surface area contributed by atoms with E-state index < -0.39 is 26.3 Å². The SMILES string of the molecule is Cc1c2n(c3cc(S(=O)(=O)NC(C)(C)C)c(F)cc13)C(=O)N(c1ccc(-c3ccccn3)cc1)CC2. The minimum Gasteiger partial charge on any atom is -0.293 e. The first-order chi connectivity index (χ1) is 17.0. The number of anilines is 1. The van der Waals surface area contributed by atoms with Gasteiger partial charge >= 0.3 is 6.03 Å². The molecule has 2 aromatic carbocycles. The number of halogens is 1. The number of aromatic nitrogens is 2. The van der Waals surface area contributed by atoms with E-state index in [1.54, 1.807) is 31.9 Å². The quantitative estimate of drug-likeness (QED) is 0.409. The van der Waals surface area contributed by atoms with Crippen LogP contribution in [0.5, 0.6) is 0 Å². The molecule has 0 saturated carbocycles. The van der Waals surface area contributed by atoms with E-state index in [2.05, 4.69) is 9.71 Å². The van der Waals surface area contributed by atoms with Crippen LogP contribution in [0.4, 0.5) is 14.9 Å². The van der Waals surface area contributed by atoms with Gasteiger partial charge in [0.2, 0.25) is 10.0 Å². The number of carbonyl (C=O) groups excluding carboxylic acids is 1. The van der Waals surface area contributed by atoms with Gasteiger partial charge < -0.3 is 0 Å². The number of amides is 1. The third-order valence-corrected chi connectivity index (χ3v) is 8.04. The summed E-state index contributed by atoms with van der Waals surface area (Å²) in [6.07, 6.45) is 2.28. The molecule has 1 amide bonds. The monoisotopic (exact) mass is 506 g/mol. The molecule has 36 heavy (non-hydrogen) atoms. The average molecular weight is 507 g/mol. The Hall–Kier alpha value is -3.56. The molecule has 186 valence electrons. The maximum Gasteiger partial charge on any atom is 0.333 e. The lowest BCUT2D eigenvalue weighted by atomic mass is 10.1. The lowest BCUT2D eigenvalue weighted by Crippen LogP contribution is -2.42. The van der Waals surface area contributed by atoms with Crippen LogP contribution in [0.15, 0.2) is 65.7 Å². The van der Waals surface area contributed by atoms with Gasteiger partial charge in [-0.2, -0.15) is 0 Å². The van der Waals surface area contributed by atoms with Crippen molar-refractivity contribution >= 4 is 32.6 Å². The number of aryl methyl sites for hydroxylation is 1. The van der Waals surface area contributed by atoms with Crippen LogP contribution in [0, 0.1) is 12.7 Å². The summed E-state index contributed by atoms with van der Waals surface area (Å²) in [7, 11) is -4.14. The molecule has 0 saturated heterocycles. The van der Waals surface area contributed by atoms with Gasteiger partial charge in [0.25, 0.3) is 0 Å². The van der Waals surface area contributed by atoms with Crippen LogP contribution in [0.1, 0.15) is 32.0 Å². The van der Waals surface area contributed by atoms with Crippen molar-refractivity contribution in [2.75, 3.05) is 11.4 Å². The summed E-state index contributed by atoms with van der Waals surface area (Å²) in [6, 6.07) is 15.4. The molecule has 1 aliphatic rings. The zero-order chi connectivity index (χ0) is 25.8. The Kier molecular flexibility index (Phi) is 5.72. The third kappa shape index (κ3) is 4.18. The number of pyridine rings is 1. The smallest absolute Gasteiger partial charge is 0.293 e. The van der Waals surface area contributed by atoms with E-state index in [1.165, 1.54) is 16.7 Å². The van der Waals surface area contributed by atoms with Gasteiger partial charge in [-0.3, -0.25) is 14.5 Å². The summed E-state index contributed by atoms with van der Waals surface area (Å²) in [5.74, 6) is -0.847. The van der Waals surface area contributed by atoms with Crippen molar-refractivity contribution < 1.29 is 17.6 Å². The van der Waals surface area contributed by atoms with Crippen molar-refractivity contribution in [2.45, 2.75) is 44.6 Å². The van der Waals surface area contributed by atoms with Gasteiger partial charge in [-0.15, -0.1) is 0 Å². The van der Waals surface area contributed by atoms with Crippen LogP contribution in [0.25, 0.3) is 22.2 Å². The van der Waals surface area contributed by atoms with Gasteiger partial charge in [-0.1, -0.05) is 18.2 Å². The Morgan fingerprint density at radius 2 is 1.78 bits per heavy atom. The summed E-state index contributed by atoms with van der Waals surface area (Å²) in [5.41, 5.74) is 3.60.